The standard InChI is InChI=1S/C14H16N2O2/c1-3-6-11-15-13(17)12(14(18)16-11)10-8-5-4-7-9(10)2/h4-5,7-8H,3,6H2,1-2H3,(H2,15,16,17,18). The number of nitrogens with one attached hydrogen (secondary N) is 1. The number of benzene rings is 1. The third kappa shape index (κ3) is 2.27. The maximum Gasteiger partial charge on any atom is 0.262 e. The normalized spacial score (nSPS) is 10.6. The molecular formula is C14H16N2O2. The van der Waals surface area contributed by atoms with Gasteiger partial charge in [-0.25, -0.2) is 0 Å². The highest BCUT2D eigenvalue weighted by molar-refractivity contribution is 5.70. The lowest BCUT2D eigenvalue weighted by Crippen LogP contribution is -2.14. The molecule has 0 saturated heterocycles. The van der Waals surface area contributed by atoms with Crippen LogP contribution in [0.25, 0.3) is 11.1 Å². The van der Waals surface area contributed by atoms with E-state index in [-0.39, 0.29) is 17.0 Å². The molecule has 0 aliphatic heterocycles. The number of aromatic hydroxyl groups is 1. The van der Waals surface area contributed by atoms with Gasteiger partial charge in [0.05, 0.1) is 0 Å². The summed E-state index contributed by atoms with van der Waals surface area (Å²) in [6.07, 6.45) is 1.52. The Balaban J connectivity index is 2.60. The third-order valence-corrected chi connectivity index (χ3v) is 2.85. The van der Waals surface area contributed by atoms with Crippen LogP contribution in [0.15, 0.2) is 29.1 Å². The molecule has 4 heteroatoms. The summed E-state index contributed by atoms with van der Waals surface area (Å²) in [6, 6.07) is 7.43. The number of H-pyrrole nitrogens is 1. The Morgan fingerprint density at radius 3 is 2.67 bits per heavy atom. The molecule has 0 saturated carbocycles. The average molecular weight is 244 g/mol. The third-order valence-electron chi connectivity index (χ3n) is 2.85. The molecule has 0 fully saturated rings. The smallest absolute Gasteiger partial charge is 0.262 e. The first kappa shape index (κ1) is 12.4. The fraction of sp³-hybridized carbons (Fsp3) is 0.286. The van der Waals surface area contributed by atoms with Gasteiger partial charge in [-0.1, -0.05) is 31.2 Å². The zero-order chi connectivity index (χ0) is 13.1. The number of hydrogen-bond acceptors (Lipinski definition) is 3. The van der Waals surface area contributed by atoms with Gasteiger partial charge in [0, 0.05) is 6.42 Å². The molecule has 1 heterocycles. The summed E-state index contributed by atoms with van der Waals surface area (Å²) in [5.74, 6) is 0.328. The van der Waals surface area contributed by atoms with Gasteiger partial charge in [-0.2, -0.15) is 4.98 Å². The first-order valence-corrected chi connectivity index (χ1v) is 6.01. The fourth-order valence-corrected chi connectivity index (χ4v) is 1.96. The van der Waals surface area contributed by atoms with Gasteiger partial charge in [0.15, 0.2) is 0 Å². The molecule has 2 N–H and O–H groups in total. The molecule has 2 rings (SSSR count). The molecule has 0 bridgehead atoms. The summed E-state index contributed by atoms with van der Waals surface area (Å²) in [6.45, 7) is 3.89. The molecule has 0 amide bonds. The zero-order valence-electron chi connectivity index (χ0n) is 10.5. The highest BCUT2D eigenvalue weighted by atomic mass is 16.3. The second-order valence-electron chi connectivity index (χ2n) is 4.28. The number of rotatable bonds is 3. The Morgan fingerprint density at radius 1 is 1.33 bits per heavy atom. The molecule has 1 aromatic heterocycles. The van der Waals surface area contributed by atoms with Crippen LogP contribution in [0.1, 0.15) is 24.7 Å². The summed E-state index contributed by atoms with van der Waals surface area (Å²) in [5.41, 5.74) is 1.60. The van der Waals surface area contributed by atoms with Crippen LogP contribution in [0.2, 0.25) is 0 Å². The first-order chi connectivity index (χ1) is 8.63. The number of nitrogens with zero attached hydrogens (tertiary/aromatic N) is 1. The van der Waals surface area contributed by atoms with Crippen molar-refractivity contribution in [3.05, 3.63) is 46.0 Å². The van der Waals surface area contributed by atoms with E-state index in [1.165, 1.54) is 0 Å². The van der Waals surface area contributed by atoms with Crippen molar-refractivity contribution < 1.29 is 5.11 Å². The highest BCUT2D eigenvalue weighted by Crippen LogP contribution is 2.26. The van der Waals surface area contributed by atoms with E-state index in [0.717, 1.165) is 12.0 Å². The van der Waals surface area contributed by atoms with Crippen molar-refractivity contribution in [2.24, 2.45) is 0 Å². The predicted molar refractivity (Wildman–Crippen MR) is 70.7 cm³/mol. The topological polar surface area (TPSA) is 66.0 Å². The summed E-state index contributed by atoms with van der Waals surface area (Å²) < 4.78 is 0. The monoisotopic (exact) mass is 244 g/mol. The van der Waals surface area contributed by atoms with Crippen molar-refractivity contribution in [2.45, 2.75) is 26.7 Å². The van der Waals surface area contributed by atoms with Gasteiger partial charge in [0.2, 0.25) is 5.88 Å². The Bertz CT molecular complexity index is 617. The lowest BCUT2D eigenvalue weighted by Gasteiger charge is -2.07. The van der Waals surface area contributed by atoms with E-state index in [1.807, 2.05) is 32.0 Å². The van der Waals surface area contributed by atoms with E-state index in [1.54, 1.807) is 6.07 Å². The second kappa shape index (κ2) is 5.04. The average Bonchev–Trinajstić information content (AvgIpc) is 2.31. The molecule has 1 aromatic carbocycles. The summed E-state index contributed by atoms with van der Waals surface area (Å²) in [5, 5.41) is 9.95. The van der Waals surface area contributed by atoms with Crippen LogP contribution in [0, 0.1) is 6.92 Å². The quantitative estimate of drug-likeness (QED) is 0.871. The Hall–Kier alpha value is -2.10. The zero-order valence-corrected chi connectivity index (χ0v) is 10.5. The summed E-state index contributed by atoms with van der Waals surface area (Å²) in [7, 11) is 0. The molecule has 4 nitrogen and oxygen atoms in total. The van der Waals surface area contributed by atoms with Gasteiger partial charge >= 0.3 is 0 Å². The predicted octanol–water partition coefficient (Wildman–Crippen LogP) is 2.40. The Labute approximate surface area is 105 Å². The molecule has 0 spiro atoms. The van der Waals surface area contributed by atoms with Crippen molar-refractivity contribution in [3.63, 3.8) is 0 Å². The van der Waals surface area contributed by atoms with Crippen LogP contribution >= 0.6 is 0 Å². The summed E-state index contributed by atoms with van der Waals surface area (Å²) in [4.78, 5) is 18.8. The first-order valence-electron chi connectivity index (χ1n) is 6.01. The van der Waals surface area contributed by atoms with Crippen LogP contribution in [-0.2, 0) is 6.42 Å². The van der Waals surface area contributed by atoms with Crippen LogP contribution in [0.5, 0.6) is 5.88 Å². The second-order valence-corrected chi connectivity index (χ2v) is 4.28. The van der Waals surface area contributed by atoms with Gasteiger partial charge in [-0.05, 0) is 24.5 Å². The van der Waals surface area contributed by atoms with Crippen molar-refractivity contribution in [1.82, 2.24) is 9.97 Å². The molecule has 18 heavy (non-hydrogen) atoms. The van der Waals surface area contributed by atoms with Gasteiger partial charge in [-0.15, -0.1) is 0 Å². The fourth-order valence-electron chi connectivity index (χ4n) is 1.96. The summed E-state index contributed by atoms with van der Waals surface area (Å²) >= 11 is 0. The van der Waals surface area contributed by atoms with Crippen molar-refractivity contribution >= 4 is 0 Å². The van der Waals surface area contributed by atoms with Crippen molar-refractivity contribution in [3.8, 4) is 17.0 Å². The Morgan fingerprint density at radius 2 is 2.06 bits per heavy atom. The van der Waals surface area contributed by atoms with E-state index in [9.17, 15) is 9.90 Å². The van der Waals surface area contributed by atoms with E-state index in [4.69, 9.17) is 0 Å². The van der Waals surface area contributed by atoms with Gasteiger partial charge in [-0.3, -0.25) is 4.79 Å². The number of aromatic amines is 1. The van der Waals surface area contributed by atoms with Gasteiger partial charge < -0.3 is 10.1 Å². The van der Waals surface area contributed by atoms with Gasteiger partial charge in [0.25, 0.3) is 5.56 Å². The lowest BCUT2D eigenvalue weighted by molar-refractivity contribution is 0.449. The van der Waals surface area contributed by atoms with Crippen LogP contribution in [-0.4, -0.2) is 15.1 Å². The van der Waals surface area contributed by atoms with E-state index >= 15 is 0 Å². The largest absolute Gasteiger partial charge is 0.493 e. The molecule has 0 aliphatic carbocycles. The van der Waals surface area contributed by atoms with E-state index in [0.29, 0.717) is 17.8 Å². The minimum Gasteiger partial charge on any atom is -0.493 e. The minimum absolute atomic E-state index is 0.198. The van der Waals surface area contributed by atoms with Crippen molar-refractivity contribution in [1.29, 1.82) is 0 Å². The molecule has 94 valence electrons. The number of aryl methyl sites for hydroxylation is 2. The number of hydrogen-bond donors (Lipinski definition) is 2. The van der Waals surface area contributed by atoms with Crippen LogP contribution in [0.4, 0.5) is 0 Å². The van der Waals surface area contributed by atoms with E-state index < -0.39 is 0 Å². The Kier molecular flexibility index (Phi) is 3.46. The maximum absolute atomic E-state index is 12.0. The SMILES string of the molecule is CCCc1nc(O)c(-c2ccccc2C)c(=O)[nH]1. The highest BCUT2D eigenvalue weighted by Gasteiger charge is 2.14. The van der Waals surface area contributed by atoms with Crippen LogP contribution in [0.3, 0.4) is 0 Å². The molecule has 0 radical (unpaired) electrons. The molecule has 0 atom stereocenters. The molecular weight excluding hydrogens is 228 g/mol. The minimum atomic E-state index is -0.291. The molecule has 0 unspecified atom stereocenters. The number of aromatic nitrogens is 2. The van der Waals surface area contributed by atoms with Gasteiger partial charge in [0.1, 0.15) is 11.4 Å². The van der Waals surface area contributed by atoms with Crippen molar-refractivity contribution in [2.75, 3.05) is 0 Å². The maximum atomic E-state index is 12.0. The molecule has 0 aliphatic rings. The van der Waals surface area contributed by atoms with E-state index in [2.05, 4.69) is 9.97 Å². The van der Waals surface area contributed by atoms with Crippen LogP contribution < -0.4 is 5.56 Å². The molecule has 2 aromatic rings. The lowest BCUT2D eigenvalue weighted by atomic mass is 10.0.